The molecule has 0 aromatic heterocycles. The van der Waals surface area contributed by atoms with Gasteiger partial charge in [0, 0.05) is 24.0 Å². The van der Waals surface area contributed by atoms with E-state index >= 15 is 0 Å². The Labute approximate surface area is 128 Å². The van der Waals surface area contributed by atoms with E-state index in [9.17, 15) is 13.2 Å². The Morgan fingerprint density at radius 3 is 2.15 bits per heavy atom. The molecule has 0 heterocycles. The molecule has 1 rings (SSSR count). The maximum absolute atomic E-state index is 12.2. The van der Waals surface area contributed by atoms with Crippen LogP contribution in [0.4, 0.5) is 0 Å². The van der Waals surface area contributed by atoms with Crippen molar-refractivity contribution in [3.05, 3.63) is 23.8 Å². The molecule has 0 aliphatic carbocycles. The third-order valence-corrected chi connectivity index (χ3v) is 4.62. The van der Waals surface area contributed by atoms with Gasteiger partial charge in [0.05, 0.1) is 4.90 Å². The second-order valence-corrected chi connectivity index (χ2v) is 5.56. The van der Waals surface area contributed by atoms with Gasteiger partial charge in [-0.15, -0.1) is 0 Å². The van der Waals surface area contributed by atoms with Crippen LogP contribution in [0.25, 0.3) is 0 Å². The molecule has 0 aliphatic heterocycles. The average molecular weight is 356 g/mol. The molecule has 1 aromatic carbocycles. The molecule has 1 radical (unpaired) electrons. The summed E-state index contributed by atoms with van der Waals surface area (Å²) < 4.78 is 25.6. The van der Waals surface area contributed by atoms with E-state index in [-0.39, 0.29) is 38.8 Å². The van der Waals surface area contributed by atoms with E-state index in [0.717, 1.165) is 6.07 Å². The topological polar surface area (TPSA) is 130 Å². The number of carbonyl (C=O) groups is 1. The minimum absolute atomic E-state index is 0. The van der Waals surface area contributed by atoms with Gasteiger partial charge in [0.25, 0.3) is 5.75 Å². The first kappa shape index (κ1) is 21.2. The summed E-state index contributed by atoms with van der Waals surface area (Å²) in [5.41, 5.74) is -0.205. The van der Waals surface area contributed by atoms with Crippen molar-refractivity contribution in [2.75, 3.05) is 13.1 Å². The largest absolute Gasteiger partial charge is 2.00 e. The van der Waals surface area contributed by atoms with Crippen LogP contribution in [0, 0.1) is 0 Å². The molecule has 0 fully saturated rings. The number of carbonyl (C=O) groups excluding carboxylic acids is 1. The van der Waals surface area contributed by atoms with Crippen LogP contribution in [0.1, 0.15) is 24.2 Å². The van der Waals surface area contributed by atoms with Gasteiger partial charge in [0.15, 0.2) is 0 Å². The number of hydrogen-bond donors (Lipinski definition) is 0. The van der Waals surface area contributed by atoms with Gasteiger partial charge in [-0.05, 0) is 12.1 Å². The molecule has 1 aromatic rings. The van der Waals surface area contributed by atoms with Crippen LogP contribution >= 0.6 is 0 Å². The zero-order valence-corrected chi connectivity index (χ0v) is 12.7. The Bertz CT molecular complexity index is 556. The number of benzene rings is 1. The first-order valence-corrected chi connectivity index (χ1v) is 6.90. The monoisotopic (exact) mass is 355 g/mol. The van der Waals surface area contributed by atoms with Gasteiger partial charge in [-0.25, -0.2) is 8.42 Å². The van der Waals surface area contributed by atoms with Crippen molar-refractivity contribution in [1.82, 2.24) is 4.31 Å². The van der Waals surface area contributed by atoms with Crippen molar-refractivity contribution in [1.29, 1.82) is 0 Å². The second kappa shape index (κ2) is 8.23. The van der Waals surface area contributed by atoms with E-state index in [1.54, 1.807) is 13.8 Å². The van der Waals surface area contributed by atoms with Crippen LogP contribution in [0.5, 0.6) is 5.75 Å². The van der Waals surface area contributed by atoms with Crippen LogP contribution in [0.15, 0.2) is 23.1 Å². The van der Waals surface area contributed by atoms with Crippen LogP contribution in [-0.2, 0) is 27.1 Å². The first-order valence-electron chi connectivity index (χ1n) is 5.46. The van der Waals surface area contributed by atoms with Crippen molar-refractivity contribution in [2.45, 2.75) is 18.7 Å². The van der Waals surface area contributed by atoms with E-state index in [1.807, 2.05) is 0 Å². The molecule has 117 valence electrons. The third-order valence-electron chi connectivity index (χ3n) is 2.58. The molecule has 0 saturated carbocycles. The molecule has 7 nitrogen and oxygen atoms in total. The molecule has 9 heteroatoms. The fourth-order valence-electron chi connectivity index (χ4n) is 1.58. The maximum atomic E-state index is 12.2. The normalized spacial score (nSPS) is 10.6. The van der Waals surface area contributed by atoms with Crippen LogP contribution in [0.2, 0.25) is 0 Å². The van der Waals surface area contributed by atoms with Gasteiger partial charge in [0.1, 0.15) is 0 Å². The molecule has 5 N–H and O–H groups in total. The molecule has 20 heavy (non-hydrogen) atoms. The van der Waals surface area contributed by atoms with E-state index in [4.69, 9.17) is 10.2 Å². The Kier molecular flexibility index (Phi) is 8.72. The van der Waals surface area contributed by atoms with Gasteiger partial charge >= 0.3 is 23.0 Å². The van der Waals surface area contributed by atoms with E-state index in [1.165, 1.54) is 16.4 Å². The molecule has 0 saturated heterocycles. The Morgan fingerprint density at radius 1 is 1.25 bits per heavy atom. The molecule has 0 amide bonds. The zero-order valence-electron chi connectivity index (χ0n) is 11.0. The van der Waals surface area contributed by atoms with Gasteiger partial charge < -0.3 is 15.7 Å². The van der Waals surface area contributed by atoms with Gasteiger partial charge in [-0.2, -0.15) is 4.31 Å². The summed E-state index contributed by atoms with van der Waals surface area (Å²) in [7, 11) is -3.66. The minimum atomic E-state index is -3.66. The molecule has 0 unspecified atom stereocenters. The van der Waals surface area contributed by atoms with Crippen molar-refractivity contribution >= 4 is 16.0 Å². The van der Waals surface area contributed by atoms with E-state index in [0.29, 0.717) is 13.1 Å². The molecule has 0 atom stereocenters. The van der Waals surface area contributed by atoms with Crippen LogP contribution < -0.4 is 0 Å². The number of sulfonamides is 1. The summed E-state index contributed by atoms with van der Waals surface area (Å²) in [6, 6.07) is 3.59. The Balaban J connectivity index is 0. The second-order valence-electron chi connectivity index (χ2n) is 3.63. The van der Waals surface area contributed by atoms with Crippen molar-refractivity contribution in [3.8, 4) is 5.75 Å². The van der Waals surface area contributed by atoms with Crippen molar-refractivity contribution < 1.29 is 46.0 Å². The molecular formula is C11H18CuNO6S+3. The predicted molar refractivity (Wildman–Crippen MR) is 69.5 cm³/mol. The van der Waals surface area contributed by atoms with Gasteiger partial charge in [-0.3, -0.25) is 0 Å². The van der Waals surface area contributed by atoms with Crippen LogP contribution in [0.3, 0.4) is 0 Å². The maximum Gasteiger partial charge on any atom is 2.00 e. The number of nitrogens with zero attached hydrogens (tertiary/aromatic N) is 1. The van der Waals surface area contributed by atoms with E-state index in [2.05, 4.69) is 0 Å². The molecule has 0 bridgehead atoms. The van der Waals surface area contributed by atoms with Crippen molar-refractivity contribution in [3.63, 3.8) is 0 Å². The fourth-order valence-corrected chi connectivity index (χ4v) is 3.07. The van der Waals surface area contributed by atoms with Gasteiger partial charge in [0.2, 0.25) is 15.6 Å². The molecular weight excluding hydrogens is 338 g/mol. The molecule has 0 aliphatic rings. The summed E-state index contributed by atoms with van der Waals surface area (Å²) in [5.74, 6) is -1.20. The summed E-state index contributed by atoms with van der Waals surface area (Å²) in [6.45, 7) is 4.09. The Morgan fingerprint density at radius 2 is 1.75 bits per heavy atom. The SMILES string of the molecule is CCN(CC)S(=O)(=O)c1ccc([OH2+])c(C(=O)[OH2+])c1.[Cu+2].[OH-]. The summed E-state index contributed by atoms with van der Waals surface area (Å²) >= 11 is 0. The summed E-state index contributed by atoms with van der Waals surface area (Å²) in [6.07, 6.45) is 0. The fraction of sp³-hybridized carbons (Fsp3) is 0.364. The minimum Gasteiger partial charge on any atom is -0.870 e. The summed E-state index contributed by atoms with van der Waals surface area (Å²) in [5, 5.41) is 14.4. The first-order chi connectivity index (χ1) is 8.34. The smallest absolute Gasteiger partial charge is 0.870 e. The quantitative estimate of drug-likeness (QED) is 0.536. The number of rotatable bonds is 5. The predicted octanol–water partition coefficient (Wildman–Crippen LogP) is -0.159. The van der Waals surface area contributed by atoms with Crippen molar-refractivity contribution in [2.24, 2.45) is 0 Å². The third kappa shape index (κ3) is 4.19. The zero-order chi connectivity index (χ0) is 13.9. The van der Waals surface area contributed by atoms with Gasteiger partial charge in [-0.1, -0.05) is 13.8 Å². The standard InChI is InChI=1S/C11H15NO5S.Cu.H2O/c1-3-12(4-2)18(16,17)8-5-6-10(13)9(7-8)11(14)15;;/h5-7,13H,3-4H2,1-2H3,(H,14,15);;1H2/q;+2;/p+1. The Hall–Kier alpha value is -1.12. The summed E-state index contributed by atoms with van der Waals surface area (Å²) in [4.78, 5) is 10.9. The average Bonchev–Trinajstić information content (AvgIpc) is 2.30. The van der Waals surface area contributed by atoms with Crippen LogP contribution in [-0.4, -0.2) is 47.5 Å². The number of hydrogen-bond acceptors (Lipinski definition) is 4. The molecule has 0 spiro atoms. The van der Waals surface area contributed by atoms with E-state index < -0.39 is 16.0 Å².